The molecule has 0 radical (unpaired) electrons. The number of phenolic OH excluding ortho intramolecular Hbond substituents is 1. The summed E-state index contributed by atoms with van der Waals surface area (Å²) in [6.07, 6.45) is 0.804. The van der Waals surface area contributed by atoms with Crippen LogP contribution in [0.1, 0.15) is 29.5 Å². The number of aromatic nitrogens is 2. The summed E-state index contributed by atoms with van der Waals surface area (Å²) < 4.78 is 40.0. The highest BCUT2D eigenvalue weighted by molar-refractivity contribution is 7.89. The number of ether oxygens (including phenoxy) is 2. The Bertz CT molecular complexity index is 1280. The monoisotopic (exact) mass is 493 g/mol. The number of rotatable bonds is 7. The second kappa shape index (κ2) is 9.68. The molecule has 0 spiro atoms. The molecule has 1 saturated heterocycles. The van der Waals surface area contributed by atoms with E-state index < -0.39 is 16.0 Å². The van der Waals surface area contributed by atoms with E-state index in [0.29, 0.717) is 49.2 Å². The van der Waals surface area contributed by atoms with Crippen molar-refractivity contribution in [3.63, 3.8) is 0 Å². The van der Waals surface area contributed by atoms with Gasteiger partial charge in [0.25, 0.3) is 0 Å². The highest BCUT2D eigenvalue weighted by Crippen LogP contribution is 2.26. The van der Waals surface area contributed by atoms with Crippen molar-refractivity contribution >= 4 is 38.6 Å². The van der Waals surface area contributed by atoms with Gasteiger partial charge in [-0.25, -0.2) is 18.2 Å². The summed E-state index contributed by atoms with van der Waals surface area (Å²) in [7, 11) is -3.66. The topological polar surface area (TPSA) is 111 Å². The zero-order valence-electron chi connectivity index (χ0n) is 18.0. The molecule has 2 aromatic carbocycles. The summed E-state index contributed by atoms with van der Waals surface area (Å²) in [5, 5.41) is 10.3. The van der Waals surface area contributed by atoms with Crippen LogP contribution >= 0.6 is 11.6 Å². The fourth-order valence-corrected chi connectivity index (χ4v) is 5.32. The predicted molar refractivity (Wildman–Crippen MR) is 122 cm³/mol. The third-order valence-electron chi connectivity index (χ3n) is 5.37. The Balaban J connectivity index is 1.61. The molecular weight excluding hydrogens is 470 g/mol. The quantitative estimate of drug-likeness (QED) is 0.503. The number of sulfonamides is 1. The average Bonchev–Trinajstić information content (AvgIpc) is 3.15. The van der Waals surface area contributed by atoms with Gasteiger partial charge in [0.2, 0.25) is 10.0 Å². The maximum Gasteiger partial charge on any atom is 0.342 e. The molecule has 0 atom stereocenters. The molecule has 1 fully saturated rings. The number of hydrogen-bond acceptors (Lipinski definition) is 7. The molecule has 1 aromatic heterocycles. The van der Waals surface area contributed by atoms with E-state index in [2.05, 4.69) is 4.98 Å². The fourth-order valence-electron chi connectivity index (χ4n) is 3.72. The number of hydrogen-bond donors (Lipinski definition) is 1. The first-order valence-corrected chi connectivity index (χ1v) is 12.4. The SMILES string of the molecule is CCCn1c(COC(=O)c2ccc(Cl)cc2O)nc2cc(S(=O)(=O)N3CCOCC3)ccc21. The van der Waals surface area contributed by atoms with E-state index in [1.54, 1.807) is 18.2 Å². The van der Waals surface area contributed by atoms with Gasteiger partial charge in [-0.1, -0.05) is 18.5 Å². The van der Waals surface area contributed by atoms with Crippen LogP contribution in [0.25, 0.3) is 11.0 Å². The van der Waals surface area contributed by atoms with Gasteiger partial charge in [-0.2, -0.15) is 4.31 Å². The van der Waals surface area contributed by atoms with Gasteiger partial charge in [-0.15, -0.1) is 0 Å². The standard InChI is InChI=1S/C22H24ClN3O6S/c1-2-7-26-19-6-4-16(33(29,30)25-8-10-31-11-9-25)13-18(19)24-21(26)14-32-22(28)17-5-3-15(23)12-20(17)27/h3-6,12-13,27H,2,7-11,14H2,1H3. The lowest BCUT2D eigenvalue weighted by Crippen LogP contribution is -2.40. The molecule has 1 aliphatic heterocycles. The Morgan fingerprint density at radius 3 is 2.67 bits per heavy atom. The van der Waals surface area contributed by atoms with Gasteiger partial charge in [0, 0.05) is 24.7 Å². The van der Waals surface area contributed by atoms with E-state index in [4.69, 9.17) is 21.1 Å². The molecule has 3 aromatic rings. The third-order valence-corrected chi connectivity index (χ3v) is 7.50. The smallest absolute Gasteiger partial charge is 0.342 e. The van der Waals surface area contributed by atoms with E-state index in [9.17, 15) is 18.3 Å². The van der Waals surface area contributed by atoms with Crippen molar-refractivity contribution < 1.29 is 27.8 Å². The summed E-state index contributed by atoms with van der Waals surface area (Å²) in [5.74, 6) is -0.503. The molecule has 0 amide bonds. The molecule has 33 heavy (non-hydrogen) atoms. The van der Waals surface area contributed by atoms with Gasteiger partial charge in [-0.3, -0.25) is 0 Å². The Labute approximate surface area is 196 Å². The van der Waals surface area contributed by atoms with Crippen LogP contribution in [0.3, 0.4) is 0 Å². The zero-order valence-corrected chi connectivity index (χ0v) is 19.6. The molecule has 0 saturated carbocycles. The van der Waals surface area contributed by atoms with Crippen molar-refractivity contribution in [2.75, 3.05) is 26.3 Å². The number of imidazole rings is 1. The Kier molecular flexibility index (Phi) is 6.89. The van der Waals surface area contributed by atoms with E-state index >= 15 is 0 Å². The van der Waals surface area contributed by atoms with Crippen LogP contribution in [0.2, 0.25) is 5.02 Å². The van der Waals surface area contributed by atoms with Gasteiger partial charge in [0.05, 0.1) is 29.1 Å². The number of nitrogens with zero attached hydrogens (tertiary/aromatic N) is 3. The Hall–Kier alpha value is -2.66. The highest BCUT2D eigenvalue weighted by atomic mass is 35.5. The minimum Gasteiger partial charge on any atom is -0.507 e. The summed E-state index contributed by atoms with van der Waals surface area (Å²) in [5.41, 5.74) is 1.24. The van der Waals surface area contributed by atoms with Gasteiger partial charge in [-0.05, 0) is 42.8 Å². The van der Waals surface area contributed by atoms with Gasteiger partial charge >= 0.3 is 5.97 Å². The first kappa shape index (κ1) is 23.5. The van der Waals surface area contributed by atoms with Crippen molar-refractivity contribution in [3.8, 4) is 5.75 Å². The number of morpholine rings is 1. The number of esters is 1. The molecule has 2 heterocycles. The van der Waals surface area contributed by atoms with Crippen molar-refractivity contribution in [2.24, 2.45) is 0 Å². The number of carbonyl (C=O) groups excluding carboxylic acids is 1. The van der Waals surface area contributed by atoms with Crippen molar-refractivity contribution in [2.45, 2.75) is 31.4 Å². The first-order chi connectivity index (χ1) is 15.8. The largest absolute Gasteiger partial charge is 0.507 e. The summed E-state index contributed by atoms with van der Waals surface area (Å²) in [4.78, 5) is 17.1. The summed E-state index contributed by atoms with van der Waals surface area (Å²) >= 11 is 5.81. The van der Waals surface area contributed by atoms with Gasteiger partial charge in [0.1, 0.15) is 23.7 Å². The van der Waals surface area contributed by atoms with Crippen LogP contribution in [0.5, 0.6) is 5.75 Å². The number of carbonyl (C=O) groups is 1. The maximum atomic E-state index is 13.0. The summed E-state index contributed by atoms with van der Waals surface area (Å²) in [6.45, 7) is 3.83. The van der Waals surface area contributed by atoms with Crippen LogP contribution in [0, 0.1) is 0 Å². The molecule has 1 N–H and O–H groups in total. The van der Waals surface area contributed by atoms with E-state index in [1.165, 1.54) is 22.5 Å². The Morgan fingerprint density at radius 2 is 1.97 bits per heavy atom. The molecular formula is C22H24ClN3O6S. The van der Waals surface area contributed by atoms with E-state index in [1.807, 2.05) is 11.5 Å². The van der Waals surface area contributed by atoms with Gasteiger partial charge in [0.15, 0.2) is 0 Å². The van der Waals surface area contributed by atoms with Crippen molar-refractivity contribution in [1.29, 1.82) is 0 Å². The molecule has 11 heteroatoms. The number of aromatic hydroxyl groups is 1. The molecule has 9 nitrogen and oxygen atoms in total. The van der Waals surface area contributed by atoms with Crippen molar-refractivity contribution in [3.05, 3.63) is 52.8 Å². The van der Waals surface area contributed by atoms with Crippen molar-refractivity contribution in [1.82, 2.24) is 13.9 Å². The van der Waals surface area contributed by atoms with E-state index in [-0.39, 0.29) is 22.8 Å². The number of halogens is 1. The number of aryl methyl sites for hydroxylation is 1. The van der Waals surface area contributed by atoms with E-state index in [0.717, 1.165) is 11.9 Å². The minimum atomic E-state index is -3.66. The molecule has 0 unspecified atom stereocenters. The van der Waals surface area contributed by atoms with Crippen LogP contribution in [-0.2, 0) is 32.6 Å². The zero-order chi connectivity index (χ0) is 23.6. The summed E-state index contributed by atoms with van der Waals surface area (Å²) in [6, 6.07) is 8.98. The number of benzene rings is 2. The fraction of sp³-hybridized carbons (Fsp3) is 0.364. The van der Waals surface area contributed by atoms with Crippen LogP contribution in [0.4, 0.5) is 0 Å². The maximum absolute atomic E-state index is 13.0. The predicted octanol–water partition coefficient (Wildman–Crippen LogP) is 3.18. The molecule has 0 bridgehead atoms. The lowest BCUT2D eigenvalue weighted by Gasteiger charge is -2.26. The molecule has 1 aliphatic rings. The van der Waals surface area contributed by atoms with Gasteiger partial charge < -0.3 is 19.1 Å². The van der Waals surface area contributed by atoms with Crippen LogP contribution in [-0.4, -0.2) is 59.7 Å². The number of phenols is 1. The average molecular weight is 494 g/mol. The lowest BCUT2D eigenvalue weighted by atomic mass is 10.2. The molecule has 0 aliphatic carbocycles. The molecule has 4 rings (SSSR count). The second-order valence-corrected chi connectivity index (χ2v) is 9.96. The first-order valence-electron chi connectivity index (χ1n) is 10.5. The molecule has 176 valence electrons. The second-order valence-electron chi connectivity index (χ2n) is 7.58. The van der Waals surface area contributed by atoms with Crippen LogP contribution in [0.15, 0.2) is 41.3 Å². The number of fused-ring (bicyclic) bond motifs is 1. The lowest BCUT2D eigenvalue weighted by molar-refractivity contribution is 0.0455. The minimum absolute atomic E-state index is 0.00329. The van der Waals surface area contributed by atoms with Crippen LogP contribution < -0.4 is 0 Å². The Morgan fingerprint density at radius 1 is 1.21 bits per heavy atom. The normalized spacial score (nSPS) is 15.1. The third kappa shape index (κ3) is 4.84. The highest BCUT2D eigenvalue weighted by Gasteiger charge is 2.27.